The van der Waals surface area contributed by atoms with Gasteiger partial charge in [0.2, 0.25) is 0 Å². The SMILES string of the molecule is CC1CN(c2ccncc2NC(=O)c2ccc(F)c(-c3c(F)cc(C4(O)CCOCC4)cc3F)n2)CC(N)C1NC(=O)O. The number of nitrogens with one attached hydrogen (secondary N) is 2. The normalized spacial score (nSPS) is 21.7. The van der Waals surface area contributed by atoms with E-state index in [1.165, 1.54) is 12.4 Å². The number of carbonyl (C=O) groups excluding carboxylic acids is 1. The summed E-state index contributed by atoms with van der Waals surface area (Å²) in [4.78, 5) is 34.3. The number of nitrogens with two attached hydrogens (primary N) is 1. The minimum Gasteiger partial charge on any atom is -0.465 e. The first kappa shape index (κ1) is 30.2. The van der Waals surface area contributed by atoms with E-state index in [9.17, 15) is 19.1 Å². The molecule has 6 N–H and O–H groups in total. The topological polar surface area (TPSA) is 163 Å². The van der Waals surface area contributed by atoms with Crippen molar-refractivity contribution in [2.75, 3.05) is 36.5 Å². The maximum Gasteiger partial charge on any atom is 0.404 e. The van der Waals surface area contributed by atoms with Crippen LogP contribution in [0.5, 0.6) is 0 Å². The number of hydrogen-bond donors (Lipinski definition) is 5. The molecular formula is C29H31F3N6O5. The lowest BCUT2D eigenvalue weighted by Crippen LogP contribution is -2.61. The Labute approximate surface area is 244 Å². The van der Waals surface area contributed by atoms with Gasteiger partial charge in [-0.15, -0.1) is 0 Å². The predicted molar refractivity (Wildman–Crippen MR) is 150 cm³/mol. The van der Waals surface area contributed by atoms with E-state index in [0.717, 1.165) is 24.3 Å². The number of aromatic nitrogens is 2. The Balaban J connectivity index is 1.39. The van der Waals surface area contributed by atoms with Gasteiger partial charge >= 0.3 is 6.09 Å². The lowest BCUT2D eigenvalue weighted by atomic mass is 9.85. The molecule has 2 fully saturated rings. The van der Waals surface area contributed by atoms with Crippen molar-refractivity contribution in [2.45, 2.75) is 37.5 Å². The van der Waals surface area contributed by atoms with E-state index >= 15 is 8.78 Å². The van der Waals surface area contributed by atoms with Crippen molar-refractivity contribution in [1.29, 1.82) is 0 Å². The Bertz CT molecular complexity index is 1500. The van der Waals surface area contributed by atoms with Gasteiger partial charge in [0.05, 0.1) is 34.8 Å². The molecule has 2 aliphatic rings. The number of ether oxygens (including phenoxy) is 1. The van der Waals surface area contributed by atoms with Gasteiger partial charge in [-0.1, -0.05) is 6.92 Å². The highest BCUT2D eigenvalue weighted by Gasteiger charge is 2.35. The van der Waals surface area contributed by atoms with Crippen LogP contribution in [0.1, 0.15) is 35.8 Å². The van der Waals surface area contributed by atoms with Crippen LogP contribution in [0.4, 0.5) is 29.3 Å². The van der Waals surface area contributed by atoms with Crippen LogP contribution in [0.25, 0.3) is 11.3 Å². The molecule has 3 unspecified atom stereocenters. The quantitative estimate of drug-likeness (QED) is 0.286. The fraction of sp³-hybridized carbons (Fsp3) is 0.379. The standard InChI is InChI=1S/C29H31F3N6O5/c1-15-13-38(14-20(33)25(15)37-28(40)41)23-4-7-34-12-22(23)36-27(39)21-3-2-17(30)26(35-21)24-18(31)10-16(11-19(24)32)29(42)5-8-43-9-6-29/h2-4,7,10-12,15,20,25,37,42H,5-6,8-9,13-14,33H2,1H3,(H,36,39)(H,40,41). The molecular weight excluding hydrogens is 569 g/mol. The summed E-state index contributed by atoms with van der Waals surface area (Å²) >= 11 is 0. The minimum atomic E-state index is -1.49. The second-order valence-electron chi connectivity index (χ2n) is 10.9. The van der Waals surface area contributed by atoms with Crippen LogP contribution in [-0.4, -0.2) is 70.6 Å². The van der Waals surface area contributed by atoms with Crippen LogP contribution >= 0.6 is 0 Å². The first-order valence-corrected chi connectivity index (χ1v) is 13.7. The smallest absolute Gasteiger partial charge is 0.404 e. The Hall–Kier alpha value is -4.27. The summed E-state index contributed by atoms with van der Waals surface area (Å²) in [6, 6.07) is 4.51. The van der Waals surface area contributed by atoms with E-state index in [-0.39, 0.29) is 55.5 Å². The number of anilines is 2. The van der Waals surface area contributed by atoms with E-state index in [0.29, 0.717) is 12.2 Å². The Morgan fingerprint density at radius 1 is 1.09 bits per heavy atom. The minimum absolute atomic E-state index is 0.00442. The van der Waals surface area contributed by atoms with E-state index in [4.69, 9.17) is 15.6 Å². The Kier molecular flexibility index (Phi) is 8.53. The molecule has 1 aromatic carbocycles. The van der Waals surface area contributed by atoms with Gasteiger partial charge in [0.1, 0.15) is 28.8 Å². The summed E-state index contributed by atoms with van der Waals surface area (Å²) in [5.74, 6) is -4.28. The fourth-order valence-electron chi connectivity index (χ4n) is 5.67. The number of nitrogens with zero attached hydrogens (tertiary/aromatic N) is 3. The molecule has 0 radical (unpaired) electrons. The molecule has 2 aromatic heterocycles. The van der Waals surface area contributed by atoms with Crippen molar-refractivity contribution in [3.05, 3.63) is 71.4 Å². The van der Waals surface area contributed by atoms with Crippen LogP contribution in [0.15, 0.2) is 42.7 Å². The molecule has 5 rings (SSSR count). The van der Waals surface area contributed by atoms with E-state index in [1.54, 1.807) is 6.07 Å². The van der Waals surface area contributed by atoms with Crippen molar-refractivity contribution in [1.82, 2.24) is 15.3 Å². The predicted octanol–water partition coefficient (Wildman–Crippen LogP) is 3.23. The van der Waals surface area contributed by atoms with Gasteiger partial charge in [-0.3, -0.25) is 9.78 Å². The highest BCUT2D eigenvalue weighted by Crippen LogP contribution is 2.36. The maximum atomic E-state index is 15.3. The zero-order valence-corrected chi connectivity index (χ0v) is 23.2. The highest BCUT2D eigenvalue weighted by atomic mass is 19.1. The number of pyridine rings is 2. The Morgan fingerprint density at radius 2 is 1.79 bits per heavy atom. The molecule has 2 aliphatic heterocycles. The van der Waals surface area contributed by atoms with Crippen LogP contribution in [-0.2, 0) is 10.3 Å². The van der Waals surface area contributed by atoms with Gasteiger partial charge in [-0.2, -0.15) is 0 Å². The third kappa shape index (κ3) is 6.26. The van der Waals surface area contributed by atoms with Crippen molar-refractivity contribution < 1.29 is 37.7 Å². The summed E-state index contributed by atoms with van der Waals surface area (Å²) < 4.78 is 50.6. The molecule has 14 heteroatoms. The molecule has 3 atom stereocenters. The third-order valence-corrected chi connectivity index (χ3v) is 7.91. The summed E-state index contributed by atoms with van der Waals surface area (Å²) in [5, 5.41) is 25.1. The van der Waals surface area contributed by atoms with Crippen molar-refractivity contribution in [3.8, 4) is 11.3 Å². The molecule has 0 bridgehead atoms. The summed E-state index contributed by atoms with van der Waals surface area (Å²) in [7, 11) is 0. The van der Waals surface area contributed by atoms with Gasteiger partial charge in [0.15, 0.2) is 0 Å². The lowest BCUT2D eigenvalue weighted by Gasteiger charge is -2.42. The molecule has 2 saturated heterocycles. The van der Waals surface area contributed by atoms with E-state index in [1.807, 2.05) is 11.8 Å². The number of benzene rings is 1. The third-order valence-electron chi connectivity index (χ3n) is 7.91. The molecule has 0 aliphatic carbocycles. The molecule has 43 heavy (non-hydrogen) atoms. The molecule has 228 valence electrons. The molecule has 0 saturated carbocycles. The zero-order chi connectivity index (χ0) is 30.9. The molecule has 11 nitrogen and oxygen atoms in total. The average molecular weight is 601 g/mol. The zero-order valence-electron chi connectivity index (χ0n) is 23.2. The summed E-state index contributed by atoms with van der Waals surface area (Å²) in [6.07, 6.45) is 2.03. The first-order chi connectivity index (χ1) is 20.5. The maximum absolute atomic E-state index is 15.3. The van der Waals surface area contributed by atoms with Crippen molar-refractivity contribution in [3.63, 3.8) is 0 Å². The van der Waals surface area contributed by atoms with Gasteiger partial charge in [-0.25, -0.2) is 22.9 Å². The largest absolute Gasteiger partial charge is 0.465 e. The fourth-order valence-corrected chi connectivity index (χ4v) is 5.67. The van der Waals surface area contributed by atoms with Crippen molar-refractivity contribution >= 4 is 23.4 Å². The first-order valence-electron chi connectivity index (χ1n) is 13.7. The van der Waals surface area contributed by atoms with E-state index < -0.39 is 58.4 Å². The van der Waals surface area contributed by atoms with Crippen LogP contribution in [0, 0.1) is 23.4 Å². The molecule has 3 aromatic rings. The number of piperidine rings is 1. The number of halogens is 3. The highest BCUT2D eigenvalue weighted by molar-refractivity contribution is 6.04. The number of hydrogen-bond acceptors (Lipinski definition) is 8. The summed E-state index contributed by atoms with van der Waals surface area (Å²) in [6.45, 7) is 2.99. The molecule has 0 spiro atoms. The summed E-state index contributed by atoms with van der Waals surface area (Å²) in [5.41, 5.74) is 3.82. The number of aliphatic hydroxyl groups is 1. The number of carboxylic acid groups (broad SMARTS) is 1. The Morgan fingerprint density at radius 3 is 2.44 bits per heavy atom. The number of carbonyl (C=O) groups is 2. The lowest BCUT2D eigenvalue weighted by molar-refractivity contribution is -0.0682. The van der Waals surface area contributed by atoms with Gasteiger partial charge in [0.25, 0.3) is 5.91 Å². The van der Waals surface area contributed by atoms with Crippen LogP contribution in [0.3, 0.4) is 0 Å². The van der Waals surface area contributed by atoms with Gasteiger partial charge in [0, 0.05) is 51.4 Å². The van der Waals surface area contributed by atoms with Crippen LogP contribution in [0.2, 0.25) is 0 Å². The second kappa shape index (κ2) is 12.1. The monoisotopic (exact) mass is 600 g/mol. The molecule has 2 amide bonds. The van der Waals surface area contributed by atoms with Crippen LogP contribution < -0.4 is 21.3 Å². The van der Waals surface area contributed by atoms with E-state index in [2.05, 4.69) is 20.6 Å². The second-order valence-corrected chi connectivity index (χ2v) is 10.9. The van der Waals surface area contributed by atoms with Gasteiger partial charge in [-0.05, 0) is 41.8 Å². The van der Waals surface area contributed by atoms with Gasteiger partial charge < -0.3 is 36.2 Å². The molecule has 4 heterocycles. The van der Waals surface area contributed by atoms with Crippen molar-refractivity contribution in [2.24, 2.45) is 11.7 Å². The number of rotatable bonds is 6. The average Bonchev–Trinajstić information content (AvgIpc) is 2.96. The number of amides is 2.